The lowest BCUT2D eigenvalue weighted by atomic mass is 10.0. The van der Waals surface area contributed by atoms with Gasteiger partial charge in [0.1, 0.15) is 6.07 Å². The van der Waals surface area contributed by atoms with Crippen LogP contribution in [0, 0.1) is 31.8 Å². The van der Waals surface area contributed by atoms with Crippen LogP contribution < -0.4 is 0 Å². The van der Waals surface area contributed by atoms with E-state index in [2.05, 4.69) is 15.5 Å². The number of carboxylic acid groups (broad SMARTS) is 1. The van der Waals surface area contributed by atoms with Crippen molar-refractivity contribution in [1.29, 1.82) is 5.26 Å². The Labute approximate surface area is 157 Å². The highest BCUT2D eigenvalue weighted by Crippen LogP contribution is 2.33. The van der Waals surface area contributed by atoms with Crippen LogP contribution in [-0.2, 0) is 6.54 Å². The minimum absolute atomic E-state index is 0.248. The standard InChI is InChI=1S/C22H17N3O2/c1-14-20(12-23)21(17-8-10-19(24-3)11-9-17)15(2)25(14)13-16-4-6-18(7-5-16)22(26)27/h4-11H,13H2,1-2H3,(H,26,27). The number of carboxylic acids is 1. The summed E-state index contributed by atoms with van der Waals surface area (Å²) < 4.78 is 2.06. The van der Waals surface area contributed by atoms with Gasteiger partial charge in [-0.05, 0) is 37.1 Å². The number of aromatic carboxylic acids is 1. The zero-order valence-corrected chi connectivity index (χ0v) is 15.0. The lowest BCUT2D eigenvalue weighted by molar-refractivity contribution is 0.0697. The van der Waals surface area contributed by atoms with Crippen LogP contribution in [0.1, 0.15) is 32.9 Å². The average Bonchev–Trinajstić information content (AvgIpc) is 2.92. The molecule has 0 aliphatic carbocycles. The van der Waals surface area contributed by atoms with E-state index < -0.39 is 5.97 Å². The van der Waals surface area contributed by atoms with Crippen molar-refractivity contribution in [1.82, 2.24) is 4.57 Å². The Hall–Kier alpha value is -3.83. The minimum atomic E-state index is -0.952. The first-order chi connectivity index (χ1) is 13.0. The minimum Gasteiger partial charge on any atom is -0.478 e. The van der Waals surface area contributed by atoms with Gasteiger partial charge in [-0.1, -0.05) is 36.4 Å². The Bertz CT molecular complexity index is 1090. The van der Waals surface area contributed by atoms with Crippen molar-refractivity contribution in [3.8, 4) is 17.2 Å². The second-order valence-corrected chi connectivity index (χ2v) is 6.28. The molecular formula is C22H17N3O2. The van der Waals surface area contributed by atoms with E-state index in [1.807, 2.05) is 26.0 Å². The lowest BCUT2D eigenvalue weighted by Crippen LogP contribution is -2.05. The molecule has 1 heterocycles. The normalized spacial score (nSPS) is 10.2. The van der Waals surface area contributed by atoms with Gasteiger partial charge < -0.3 is 9.67 Å². The molecule has 2 aromatic carbocycles. The predicted octanol–water partition coefficient (Wildman–Crippen LogP) is 4.94. The SMILES string of the molecule is [C-]#[N+]c1ccc(-c2c(C#N)c(C)n(Cc3ccc(C(=O)O)cc3)c2C)cc1. The molecule has 5 nitrogen and oxygen atoms in total. The zero-order valence-electron chi connectivity index (χ0n) is 15.0. The van der Waals surface area contributed by atoms with Crippen molar-refractivity contribution in [3.63, 3.8) is 0 Å². The molecule has 0 spiro atoms. The molecule has 0 atom stereocenters. The number of carbonyl (C=O) groups is 1. The Morgan fingerprint density at radius 3 is 2.26 bits per heavy atom. The van der Waals surface area contributed by atoms with Gasteiger partial charge in [-0.2, -0.15) is 5.26 Å². The molecule has 0 radical (unpaired) electrons. The third kappa shape index (κ3) is 3.31. The summed E-state index contributed by atoms with van der Waals surface area (Å²) in [6, 6.07) is 16.3. The molecule has 0 fully saturated rings. The van der Waals surface area contributed by atoms with Gasteiger partial charge in [-0.25, -0.2) is 9.64 Å². The van der Waals surface area contributed by atoms with Gasteiger partial charge in [0.25, 0.3) is 0 Å². The van der Waals surface area contributed by atoms with E-state index in [-0.39, 0.29) is 5.56 Å². The maximum absolute atomic E-state index is 11.0. The van der Waals surface area contributed by atoms with E-state index in [1.165, 1.54) is 0 Å². The zero-order chi connectivity index (χ0) is 19.6. The fourth-order valence-corrected chi connectivity index (χ4v) is 3.25. The van der Waals surface area contributed by atoms with Crippen LogP contribution in [0.2, 0.25) is 0 Å². The number of benzene rings is 2. The van der Waals surface area contributed by atoms with E-state index in [9.17, 15) is 10.1 Å². The summed E-state index contributed by atoms with van der Waals surface area (Å²) in [4.78, 5) is 14.4. The first kappa shape index (κ1) is 18.0. The number of hydrogen-bond acceptors (Lipinski definition) is 2. The molecule has 27 heavy (non-hydrogen) atoms. The molecule has 0 bridgehead atoms. The van der Waals surface area contributed by atoms with E-state index >= 15 is 0 Å². The number of nitrogens with zero attached hydrogens (tertiary/aromatic N) is 3. The van der Waals surface area contributed by atoms with Crippen LogP contribution in [-0.4, -0.2) is 15.6 Å². The highest BCUT2D eigenvalue weighted by atomic mass is 16.4. The molecule has 132 valence electrons. The highest BCUT2D eigenvalue weighted by Gasteiger charge is 2.19. The second-order valence-electron chi connectivity index (χ2n) is 6.28. The molecule has 0 amide bonds. The molecular weight excluding hydrogens is 338 g/mol. The van der Waals surface area contributed by atoms with Crippen LogP contribution in [0.4, 0.5) is 5.69 Å². The van der Waals surface area contributed by atoms with E-state index in [4.69, 9.17) is 11.7 Å². The quantitative estimate of drug-likeness (QED) is 0.674. The molecule has 0 saturated heterocycles. The van der Waals surface area contributed by atoms with Crippen molar-refractivity contribution in [2.75, 3.05) is 0 Å². The Balaban J connectivity index is 2.04. The van der Waals surface area contributed by atoms with Gasteiger partial charge in [0, 0.05) is 23.5 Å². The van der Waals surface area contributed by atoms with Gasteiger partial charge in [0.15, 0.2) is 5.69 Å². The third-order valence-electron chi connectivity index (χ3n) is 4.72. The number of hydrogen-bond donors (Lipinski definition) is 1. The molecule has 0 saturated carbocycles. The largest absolute Gasteiger partial charge is 0.478 e. The monoisotopic (exact) mass is 355 g/mol. The van der Waals surface area contributed by atoms with Crippen molar-refractivity contribution in [2.45, 2.75) is 20.4 Å². The molecule has 3 rings (SSSR count). The molecule has 3 aromatic rings. The highest BCUT2D eigenvalue weighted by molar-refractivity contribution is 5.87. The van der Waals surface area contributed by atoms with Crippen molar-refractivity contribution in [2.24, 2.45) is 0 Å². The summed E-state index contributed by atoms with van der Waals surface area (Å²) in [6.07, 6.45) is 0. The van der Waals surface area contributed by atoms with Crippen LogP contribution in [0.15, 0.2) is 48.5 Å². The van der Waals surface area contributed by atoms with Crippen LogP contribution in [0.25, 0.3) is 16.0 Å². The Kier molecular flexibility index (Phi) is 4.79. The summed E-state index contributed by atoms with van der Waals surface area (Å²) in [5, 5.41) is 18.7. The molecule has 0 aliphatic rings. The van der Waals surface area contributed by atoms with Gasteiger partial charge >= 0.3 is 5.97 Å². The number of rotatable bonds is 4. The predicted molar refractivity (Wildman–Crippen MR) is 103 cm³/mol. The van der Waals surface area contributed by atoms with Gasteiger partial charge in [-0.3, -0.25) is 0 Å². The smallest absolute Gasteiger partial charge is 0.335 e. The van der Waals surface area contributed by atoms with Gasteiger partial charge in [0.2, 0.25) is 0 Å². The average molecular weight is 355 g/mol. The molecule has 0 unspecified atom stereocenters. The second kappa shape index (κ2) is 7.19. The van der Waals surface area contributed by atoms with Crippen molar-refractivity contribution >= 4 is 11.7 Å². The number of nitriles is 1. The molecule has 0 aliphatic heterocycles. The molecule has 1 N–H and O–H groups in total. The summed E-state index contributed by atoms with van der Waals surface area (Å²) in [7, 11) is 0. The van der Waals surface area contributed by atoms with Crippen LogP contribution in [0.3, 0.4) is 0 Å². The molecule has 1 aromatic heterocycles. The van der Waals surface area contributed by atoms with E-state index in [0.717, 1.165) is 28.1 Å². The Morgan fingerprint density at radius 1 is 1.11 bits per heavy atom. The summed E-state index contributed by atoms with van der Waals surface area (Å²) in [5.74, 6) is -0.952. The van der Waals surface area contributed by atoms with Crippen molar-refractivity contribution in [3.05, 3.63) is 88.0 Å². The first-order valence-corrected chi connectivity index (χ1v) is 8.36. The fourth-order valence-electron chi connectivity index (χ4n) is 3.25. The lowest BCUT2D eigenvalue weighted by Gasteiger charge is -2.10. The summed E-state index contributed by atoms with van der Waals surface area (Å²) in [5.41, 5.74) is 5.98. The van der Waals surface area contributed by atoms with Crippen molar-refractivity contribution < 1.29 is 9.90 Å². The van der Waals surface area contributed by atoms with Crippen LogP contribution >= 0.6 is 0 Å². The molecule has 5 heteroatoms. The van der Waals surface area contributed by atoms with E-state index in [1.54, 1.807) is 36.4 Å². The maximum Gasteiger partial charge on any atom is 0.335 e. The topological polar surface area (TPSA) is 70.4 Å². The maximum atomic E-state index is 11.0. The summed E-state index contributed by atoms with van der Waals surface area (Å²) in [6.45, 7) is 11.5. The number of aromatic nitrogens is 1. The third-order valence-corrected chi connectivity index (χ3v) is 4.72. The van der Waals surface area contributed by atoms with E-state index in [0.29, 0.717) is 17.8 Å². The van der Waals surface area contributed by atoms with Gasteiger partial charge in [0.05, 0.1) is 17.7 Å². The van der Waals surface area contributed by atoms with Crippen LogP contribution in [0.5, 0.6) is 0 Å². The first-order valence-electron chi connectivity index (χ1n) is 8.36. The fraction of sp³-hybridized carbons (Fsp3) is 0.136. The van der Waals surface area contributed by atoms with Gasteiger partial charge in [-0.15, -0.1) is 0 Å². The summed E-state index contributed by atoms with van der Waals surface area (Å²) >= 11 is 0. The Morgan fingerprint density at radius 2 is 1.74 bits per heavy atom.